The van der Waals surface area contributed by atoms with Crippen LogP contribution >= 0.6 is 15.9 Å². The normalized spacial score (nSPS) is 16.2. The number of fused-ring (bicyclic) bond motifs is 1. The van der Waals surface area contributed by atoms with Crippen molar-refractivity contribution in [2.75, 3.05) is 5.32 Å². The van der Waals surface area contributed by atoms with Gasteiger partial charge >= 0.3 is 0 Å². The predicted octanol–water partition coefficient (Wildman–Crippen LogP) is 4.31. The number of hydrogen-bond donors (Lipinski definition) is 1. The lowest BCUT2D eigenvalue weighted by Crippen LogP contribution is -2.22. The van der Waals surface area contributed by atoms with Crippen LogP contribution in [-0.2, 0) is 17.9 Å². The second-order valence-corrected chi connectivity index (χ2v) is 6.93. The average molecular weight is 416 g/mol. The van der Waals surface area contributed by atoms with E-state index in [-0.39, 0.29) is 17.7 Å². The molecule has 0 saturated heterocycles. The molecule has 4 rings (SSSR count). The molecule has 1 atom stereocenters. The average Bonchev–Trinajstić information content (AvgIpc) is 3.06. The van der Waals surface area contributed by atoms with E-state index in [9.17, 15) is 9.18 Å². The van der Waals surface area contributed by atoms with Crippen molar-refractivity contribution in [2.45, 2.75) is 19.3 Å². The van der Waals surface area contributed by atoms with Gasteiger partial charge in [0.25, 0.3) is 5.91 Å². The molecular weight excluding hydrogens is 401 g/mol. The van der Waals surface area contributed by atoms with Gasteiger partial charge in [0.2, 0.25) is 0 Å². The van der Waals surface area contributed by atoms with Gasteiger partial charge in [-0.2, -0.15) is 5.10 Å². The zero-order chi connectivity index (χ0) is 18.1. The first-order valence-corrected chi connectivity index (χ1v) is 8.88. The monoisotopic (exact) mass is 415 g/mol. The van der Waals surface area contributed by atoms with Crippen LogP contribution in [0.1, 0.15) is 27.8 Å². The molecule has 0 spiro atoms. The lowest BCUT2D eigenvalue weighted by molar-refractivity contribution is -0.00119. The Labute approximate surface area is 157 Å². The van der Waals surface area contributed by atoms with E-state index in [4.69, 9.17) is 4.74 Å². The minimum Gasteiger partial charge on any atom is -0.365 e. The molecule has 1 aliphatic rings. The summed E-state index contributed by atoms with van der Waals surface area (Å²) in [5.41, 5.74) is 2.57. The number of nitrogens with one attached hydrogen (secondary N) is 1. The molecule has 1 amide bonds. The van der Waals surface area contributed by atoms with Crippen LogP contribution < -0.4 is 5.32 Å². The van der Waals surface area contributed by atoms with E-state index in [0.717, 1.165) is 15.7 Å². The van der Waals surface area contributed by atoms with Gasteiger partial charge in [-0.1, -0.05) is 34.1 Å². The Hall–Kier alpha value is -2.51. The van der Waals surface area contributed by atoms with Crippen molar-refractivity contribution >= 4 is 27.5 Å². The van der Waals surface area contributed by atoms with Crippen molar-refractivity contribution in [1.82, 2.24) is 9.78 Å². The molecule has 0 fully saturated rings. The Morgan fingerprint density at radius 2 is 2.04 bits per heavy atom. The first kappa shape index (κ1) is 16.9. The summed E-state index contributed by atoms with van der Waals surface area (Å²) in [6.07, 6.45) is -0.116. The number of carbonyl (C=O) groups is 1. The highest BCUT2D eigenvalue weighted by Gasteiger charge is 2.24. The highest BCUT2D eigenvalue weighted by molar-refractivity contribution is 9.10. The minimum atomic E-state index is -0.405. The molecule has 3 aromatic rings. The summed E-state index contributed by atoms with van der Waals surface area (Å²) in [4.78, 5) is 12.4. The predicted molar refractivity (Wildman–Crippen MR) is 98.3 cm³/mol. The van der Waals surface area contributed by atoms with Crippen LogP contribution in [0.4, 0.5) is 10.1 Å². The van der Waals surface area contributed by atoms with Gasteiger partial charge in [0.15, 0.2) is 5.69 Å². The van der Waals surface area contributed by atoms with E-state index in [0.29, 0.717) is 18.8 Å². The summed E-state index contributed by atoms with van der Waals surface area (Å²) >= 11 is 3.42. The summed E-state index contributed by atoms with van der Waals surface area (Å²) < 4.78 is 21.9. The van der Waals surface area contributed by atoms with E-state index in [1.54, 1.807) is 22.9 Å². The number of halogens is 2. The smallest absolute Gasteiger partial charge is 0.276 e. The molecule has 132 valence electrons. The Morgan fingerprint density at radius 1 is 1.23 bits per heavy atom. The standard InChI is InChI=1S/C19H15BrFN3O2/c20-13-6-4-12(5-7-13)18-10-24-16(11-26-18)9-17(23-24)19(25)22-15-3-1-2-14(21)8-15/h1-9,18H,10-11H2,(H,22,25)/t18-/m0/s1. The van der Waals surface area contributed by atoms with Crippen molar-refractivity contribution in [3.05, 3.63) is 81.8 Å². The highest BCUT2D eigenvalue weighted by atomic mass is 79.9. The van der Waals surface area contributed by atoms with E-state index >= 15 is 0 Å². The van der Waals surface area contributed by atoms with Gasteiger partial charge in [-0.15, -0.1) is 0 Å². The number of hydrogen-bond acceptors (Lipinski definition) is 3. The fourth-order valence-corrected chi connectivity index (χ4v) is 3.14. The van der Waals surface area contributed by atoms with E-state index in [1.165, 1.54) is 12.1 Å². The van der Waals surface area contributed by atoms with Gasteiger partial charge in [0.05, 0.1) is 18.8 Å². The number of ether oxygens (including phenoxy) is 1. The minimum absolute atomic E-state index is 0.116. The Balaban J connectivity index is 1.50. The third kappa shape index (κ3) is 3.54. The zero-order valence-corrected chi connectivity index (χ0v) is 15.2. The zero-order valence-electron chi connectivity index (χ0n) is 13.7. The van der Waals surface area contributed by atoms with Crippen molar-refractivity contribution in [2.24, 2.45) is 0 Å². The van der Waals surface area contributed by atoms with Crippen LogP contribution in [0.25, 0.3) is 0 Å². The van der Waals surface area contributed by atoms with Crippen LogP contribution in [0, 0.1) is 5.82 Å². The molecule has 0 aliphatic carbocycles. The van der Waals surface area contributed by atoms with Crippen LogP contribution in [-0.4, -0.2) is 15.7 Å². The topological polar surface area (TPSA) is 56.2 Å². The van der Waals surface area contributed by atoms with Crippen molar-refractivity contribution in [1.29, 1.82) is 0 Å². The number of carbonyl (C=O) groups excluding carboxylic acids is 1. The van der Waals surface area contributed by atoms with Crippen molar-refractivity contribution < 1.29 is 13.9 Å². The maximum Gasteiger partial charge on any atom is 0.276 e. The molecule has 1 aliphatic heterocycles. The van der Waals surface area contributed by atoms with Gasteiger partial charge in [-0.3, -0.25) is 9.48 Å². The SMILES string of the molecule is O=C(Nc1cccc(F)c1)c1cc2n(n1)C[C@@H](c1ccc(Br)cc1)OC2. The number of rotatable bonds is 3. The summed E-state index contributed by atoms with van der Waals surface area (Å²) in [5.74, 6) is -0.782. The van der Waals surface area contributed by atoms with Crippen molar-refractivity contribution in [3.8, 4) is 0 Å². The Morgan fingerprint density at radius 3 is 2.81 bits per heavy atom. The molecule has 2 aromatic carbocycles. The van der Waals surface area contributed by atoms with Gasteiger partial charge in [0.1, 0.15) is 11.9 Å². The molecule has 5 nitrogen and oxygen atoms in total. The number of amides is 1. The fraction of sp³-hybridized carbons (Fsp3) is 0.158. The second kappa shape index (κ2) is 7.01. The summed E-state index contributed by atoms with van der Waals surface area (Å²) in [5, 5.41) is 7.04. The molecule has 1 aromatic heterocycles. The van der Waals surface area contributed by atoms with Crippen molar-refractivity contribution in [3.63, 3.8) is 0 Å². The van der Waals surface area contributed by atoms with Crippen LogP contribution in [0.5, 0.6) is 0 Å². The molecule has 0 saturated carbocycles. The quantitative estimate of drug-likeness (QED) is 0.693. The summed E-state index contributed by atoms with van der Waals surface area (Å²) in [7, 11) is 0. The largest absolute Gasteiger partial charge is 0.365 e. The maximum atomic E-state index is 13.2. The van der Waals surface area contributed by atoms with E-state index < -0.39 is 5.82 Å². The third-order valence-corrected chi connectivity index (χ3v) is 4.72. The van der Waals surface area contributed by atoms with E-state index in [1.807, 2.05) is 24.3 Å². The molecule has 2 heterocycles. The first-order valence-electron chi connectivity index (χ1n) is 8.09. The van der Waals surface area contributed by atoms with Gasteiger partial charge in [-0.05, 0) is 42.0 Å². The molecule has 0 unspecified atom stereocenters. The number of benzene rings is 2. The van der Waals surface area contributed by atoms with Crippen LogP contribution in [0.2, 0.25) is 0 Å². The maximum absolute atomic E-state index is 13.2. The van der Waals surface area contributed by atoms with Gasteiger partial charge < -0.3 is 10.1 Å². The van der Waals surface area contributed by atoms with Crippen LogP contribution in [0.3, 0.4) is 0 Å². The molecule has 0 bridgehead atoms. The number of aromatic nitrogens is 2. The summed E-state index contributed by atoms with van der Waals surface area (Å²) in [6, 6.07) is 15.4. The number of nitrogens with zero attached hydrogens (tertiary/aromatic N) is 2. The number of anilines is 1. The molecule has 1 N–H and O–H groups in total. The lowest BCUT2D eigenvalue weighted by atomic mass is 10.1. The fourth-order valence-electron chi connectivity index (χ4n) is 2.88. The Kier molecular flexibility index (Phi) is 4.57. The first-order chi connectivity index (χ1) is 12.6. The third-order valence-electron chi connectivity index (χ3n) is 4.19. The van der Waals surface area contributed by atoms with Gasteiger partial charge in [-0.25, -0.2) is 4.39 Å². The summed E-state index contributed by atoms with van der Waals surface area (Å²) in [6.45, 7) is 0.908. The second-order valence-electron chi connectivity index (χ2n) is 6.02. The lowest BCUT2D eigenvalue weighted by Gasteiger charge is -2.24. The highest BCUT2D eigenvalue weighted by Crippen LogP contribution is 2.27. The van der Waals surface area contributed by atoms with Gasteiger partial charge in [0, 0.05) is 10.2 Å². The molecule has 26 heavy (non-hydrogen) atoms. The van der Waals surface area contributed by atoms with E-state index in [2.05, 4.69) is 26.3 Å². The molecule has 0 radical (unpaired) electrons. The van der Waals surface area contributed by atoms with Crippen LogP contribution in [0.15, 0.2) is 59.1 Å². The molecular formula is C19H15BrFN3O2. The molecule has 7 heteroatoms. The Bertz CT molecular complexity index is 956.